The lowest BCUT2D eigenvalue weighted by molar-refractivity contribution is -0.151. The van der Waals surface area contributed by atoms with Gasteiger partial charge in [-0.3, -0.25) is 9.69 Å². The molecule has 22 heavy (non-hydrogen) atoms. The minimum Gasteiger partial charge on any atom is -0.465 e. The van der Waals surface area contributed by atoms with Gasteiger partial charge in [0.25, 0.3) is 0 Å². The lowest BCUT2D eigenvalue weighted by Crippen LogP contribution is -2.44. The van der Waals surface area contributed by atoms with Crippen LogP contribution in [0.3, 0.4) is 0 Å². The van der Waals surface area contributed by atoms with E-state index in [4.69, 9.17) is 4.74 Å². The fourth-order valence-electron chi connectivity index (χ4n) is 3.26. The third kappa shape index (κ3) is 3.30. The van der Waals surface area contributed by atoms with Gasteiger partial charge in [-0.05, 0) is 48.7 Å². The second kappa shape index (κ2) is 6.93. The lowest BCUT2D eigenvalue weighted by atomic mass is 10.0. The van der Waals surface area contributed by atoms with Crippen molar-refractivity contribution in [2.75, 3.05) is 13.2 Å². The number of hydrogen-bond acceptors (Lipinski definition) is 3. The Morgan fingerprint density at radius 3 is 2.82 bits per heavy atom. The third-order valence-electron chi connectivity index (χ3n) is 4.37. The average Bonchev–Trinajstić information content (AvgIpc) is 2.55. The van der Waals surface area contributed by atoms with Crippen LogP contribution in [0.1, 0.15) is 31.7 Å². The van der Waals surface area contributed by atoms with Gasteiger partial charge in [0.15, 0.2) is 0 Å². The van der Waals surface area contributed by atoms with Gasteiger partial charge in [-0.15, -0.1) is 0 Å². The zero-order valence-electron chi connectivity index (χ0n) is 13.1. The maximum atomic E-state index is 12.1. The van der Waals surface area contributed by atoms with Gasteiger partial charge >= 0.3 is 5.97 Å². The van der Waals surface area contributed by atoms with Crippen molar-refractivity contribution in [1.82, 2.24) is 4.90 Å². The van der Waals surface area contributed by atoms with E-state index in [1.807, 2.05) is 6.92 Å². The summed E-state index contributed by atoms with van der Waals surface area (Å²) >= 11 is 0. The first-order valence-electron chi connectivity index (χ1n) is 8.16. The molecule has 2 aromatic carbocycles. The van der Waals surface area contributed by atoms with E-state index in [9.17, 15) is 4.79 Å². The maximum absolute atomic E-state index is 12.1. The summed E-state index contributed by atoms with van der Waals surface area (Å²) in [5, 5.41) is 2.51. The van der Waals surface area contributed by atoms with Crippen LogP contribution in [-0.4, -0.2) is 30.1 Å². The van der Waals surface area contributed by atoms with Gasteiger partial charge in [0.2, 0.25) is 0 Å². The van der Waals surface area contributed by atoms with Crippen molar-refractivity contribution < 1.29 is 9.53 Å². The van der Waals surface area contributed by atoms with Crippen molar-refractivity contribution in [3.63, 3.8) is 0 Å². The summed E-state index contributed by atoms with van der Waals surface area (Å²) in [4.78, 5) is 14.4. The summed E-state index contributed by atoms with van der Waals surface area (Å²) in [6, 6.07) is 14.9. The summed E-state index contributed by atoms with van der Waals surface area (Å²) in [7, 11) is 0. The van der Waals surface area contributed by atoms with E-state index in [2.05, 4.69) is 47.4 Å². The molecule has 1 heterocycles. The van der Waals surface area contributed by atoms with Crippen molar-refractivity contribution in [1.29, 1.82) is 0 Å². The summed E-state index contributed by atoms with van der Waals surface area (Å²) in [6.45, 7) is 4.11. The van der Waals surface area contributed by atoms with Crippen LogP contribution in [-0.2, 0) is 16.1 Å². The lowest BCUT2D eigenvalue weighted by Gasteiger charge is -2.34. The number of hydrogen-bond donors (Lipinski definition) is 0. The summed E-state index contributed by atoms with van der Waals surface area (Å²) in [5.74, 6) is -0.0667. The Labute approximate surface area is 131 Å². The summed E-state index contributed by atoms with van der Waals surface area (Å²) < 4.78 is 5.24. The zero-order chi connectivity index (χ0) is 15.4. The van der Waals surface area contributed by atoms with Gasteiger partial charge in [-0.2, -0.15) is 0 Å². The molecule has 1 saturated heterocycles. The molecule has 2 aromatic rings. The molecule has 0 spiro atoms. The molecule has 3 nitrogen and oxygen atoms in total. The topological polar surface area (TPSA) is 29.5 Å². The second-order valence-corrected chi connectivity index (χ2v) is 5.92. The molecule has 1 aliphatic rings. The predicted octanol–water partition coefficient (Wildman–Crippen LogP) is 3.76. The largest absolute Gasteiger partial charge is 0.465 e. The molecule has 0 aromatic heterocycles. The van der Waals surface area contributed by atoms with Gasteiger partial charge in [0, 0.05) is 6.54 Å². The molecule has 0 bridgehead atoms. The van der Waals surface area contributed by atoms with Crippen molar-refractivity contribution in [2.24, 2.45) is 0 Å². The van der Waals surface area contributed by atoms with Crippen LogP contribution < -0.4 is 0 Å². The fourth-order valence-corrected chi connectivity index (χ4v) is 3.26. The van der Waals surface area contributed by atoms with Crippen LogP contribution in [0.15, 0.2) is 42.5 Å². The van der Waals surface area contributed by atoms with E-state index in [1.54, 1.807) is 0 Å². The molecular weight excluding hydrogens is 274 g/mol. The number of benzene rings is 2. The number of likely N-dealkylation sites (tertiary alicyclic amines) is 1. The Balaban J connectivity index is 1.77. The average molecular weight is 297 g/mol. The number of esters is 1. The molecule has 1 atom stereocenters. The highest BCUT2D eigenvalue weighted by Crippen LogP contribution is 2.22. The van der Waals surface area contributed by atoms with Gasteiger partial charge in [0.1, 0.15) is 6.04 Å². The highest BCUT2D eigenvalue weighted by Gasteiger charge is 2.29. The first-order chi connectivity index (χ1) is 10.8. The maximum Gasteiger partial charge on any atom is 0.323 e. The number of fused-ring (bicyclic) bond motifs is 1. The van der Waals surface area contributed by atoms with Crippen LogP contribution in [0.25, 0.3) is 10.8 Å². The minimum absolute atomic E-state index is 0.0667. The zero-order valence-corrected chi connectivity index (χ0v) is 13.1. The Morgan fingerprint density at radius 1 is 1.18 bits per heavy atom. The first-order valence-corrected chi connectivity index (χ1v) is 8.16. The quantitative estimate of drug-likeness (QED) is 0.805. The molecule has 116 valence electrons. The highest BCUT2D eigenvalue weighted by molar-refractivity contribution is 5.83. The Morgan fingerprint density at radius 2 is 2.00 bits per heavy atom. The molecule has 0 saturated carbocycles. The normalized spacial score (nSPS) is 19.2. The Hall–Kier alpha value is -1.87. The molecule has 1 aliphatic heterocycles. The van der Waals surface area contributed by atoms with Gasteiger partial charge in [-0.25, -0.2) is 0 Å². The molecule has 0 N–H and O–H groups in total. The molecule has 0 aliphatic carbocycles. The van der Waals surface area contributed by atoms with Crippen molar-refractivity contribution in [2.45, 2.75) is 38.8 Å². The Bertz CT molecular complexity index is 653. The summed E-state index contributed by atoms with van der Waals surface area (Å²) in [5.41, 5.74) is 1.26. The number of carbonyl (C=O) groups excluding carboxylic acids is 1. The number of nitrogens with zero attached hydrogens (tertiary/aromatic N) is 1. The van der Waals surface area contributed by atoms with Crippen LogP contribution in [0.5, 0.6) is 0 Å². The van der Waals surface area contributed by atoms with Crippen LogP contribution in [0.4, 0.5) is 0 Å². The second-order valence-electron chi connectivity index (χ2n) is 5.92. The first kappa shape index (κ1) is 15.0. The van der Waals surface area contributed by atoms with Crippen LogP contribution in [0, 0.1) is 0 Å². The van der Waals surface area contributed by atoms with E-state index in [1.165, 1.54) is 16.3 Å². The highest BCUT2D eigenvalue weighted by atomic mass is 16.5. The van der Waals surface area contributed by atoms with E-state index >= 15 is 0 Å². The molecule has 1 unspecified atom stereocenters. The number of ether oxygens (including phenoxy) is 1. The van der Waals surface area contributed by atoms with Crippen LogP contribution in [0.2, 0.25) is 0 Å². The molecule has 3 rings (SSSR count). The molecule has 0 radical (unpaired) electrons. The van der Waals surface area contributed by atoms with E-state index in [-0.39, 0.29) is 12.0 Å². The molecule has 3 heteroatoms. The van der Waals surface area contributed by atoms with Crippen molar-refractivity contribution >= 4 is 16.7 Å². The monoisotopic (exact) mass is 297 g/mol. The van der Waals surface area contributed by atoms with Gasteiger partial charge in [-0.1, -0.05) is 42.8 Å². The van der Waals surface area contributed by atoms with E-state index < -0.39 is 0 Å². The Kier molecular flexibility index (Phi) is 4.74. The molecular formula is C19H23NO2. The molecule has 1 fully saturated rings. The van der Waals surface area contributed by atoms with Crippen molar-refractivity contribution in [3.8, 4) is 0 Å². The smallest absolute Gasteiger partial charge is 0.323 e. The third-order valence-corrected chi connectivity index (χ3v) is 4.37. The van der Waals surface area contributed by atoms with Crippen LogP contribution >= 0.6 is 0 Å². The van der Waals surface area contributed by atoms with Crippen molar-refractivity contribution in [3.05, 3.63) is 48.0 Å². The van der Waals surface area contributed by atoms with E-state index in [0.717, 1.165) is 32.4 Å². The number of carbonyl (C=O) groups is 1. The molecule has 0 amide bonds. The van der Waals surface area contributed by atoms with Gasteiger partial charge < -0.3 is 4.74 Å². The number of rotatable bonds is 4. The number of piperidine rings is 1. The predicted molar refractivity (Wildman–Crippen MR) is 88.6 cm³/mol. The summed E-state index contributed by atoms with van der Waals surface area (Å²) in [6.07, 6.45) is 3.17. The fraction of sp³-hybridized carbons (Fsp3) is 0.421. The minimum atomic E-state index is -0.0832. The van der Waals surface area contributed by atoms with E-state index in [0.29, 0.717) is 6.61 Å². The van der Waals surface area contributed by atoms with Gasteiger partial charge in [0.05, 0.1) is 6.61 Å². The standard InChI is InChI=1S/C19H23NO2/c1-2-22-19(21)18-9-5-6-12-20(18)14-15-10-11-16-7-3-4-8-17(16)13-15/h3-4,7-8,10-11,13,18H,2,5-6,9,12,14H2,1H3. The SMILES string of the molecule is CCOC(=O)C1CCCCN1Cc1ccc2ccccc2c1.